The molecule has 1 aromatic carbocycles. The highest BCUT2D eigenvalue weighted by Gasteiger charge is 2.51. The first-order valence-electron chi connectivity index (χ1n) is 7.90. The summed E-state index contributed by atoms with van der Waals surface area (Å²) in [5.41, 5.74) is -0.721. The summed E-state index contributed by atoms with van der Waals surface area (Å²) in [6.07, 6.45) is 5.73. The zero-order valence-corrected chi connectivity index (χ0v) is 12.3. The van der Waals surface area contributed by atoms with Crippen molar-refractivity contribution in [3.8, 4) is 5.75 Å². The number of nitrogens with one attached hydrogen (secondary N) is 1. The highest BCUT2D eigenvalue weighted by molar-refractivity contribution is 5.80. The minimum atomic E-state index is -0.721. The maximum absolute atomic E-state index is 11.8. The molecule has 0 heterocycles. The zero-order chi connectivity index (χ0) is 14.7. The fourth-order valence-corrected chi connectivity index (χ4v) is 3.43. The third kappa shape index (κ3) is 3.21. The number of carboxylic acid groups (broad SMARTS) is 1. The second kappa shape index (κ2) is 6.06. The van der Waals surface area contributed by atoms with Gasteiger partial charge in [0.1, 0.15) is 11.3 Å². The fourth-order valence-electron chi connectivity index (χ4n) is 3.43. The van der Waals surface area contributed by atoms with Crippen LogP contribution in [0.15, 0.2) is 30.3 Å². The van der Waals surface area contributed by atoms with Crippen molar-refractivity contribution >= 4 is 5.97 Å². The van der Waals surface area contributed by atoms with Crippen LogP contribution in [0.25, 0.3) is 0 Å². The molecule has 0 amide bonds. The normalized spacial score (nSPS) is 28.5. The van der Waals surface area contributed by atoms with Crippen LogP contribution in [0.1, 0.15) is 38.5 Å². The molecule has 0 radical (unpaired) electrons. The quantitative estimate of drug-likeness (QED) is 0.810. The maximum Gasteiger partial charge on any atom is 0.324 e. The Morgan fingerprint density at radius 2 is 2.05 bits per heavy atom. The monoisotopic (exact) mass is 289 g/mol. The van der Waals surface area contributed by atoms with Crippen LogP contribution in [0.5, 0.6) is 5.75 Å². The number of carboxylic acids is 1. The van der Waals surface area contributed by atoms with Gasteiger partial charge in [-0.25, -0.2) is 0 Å². The van der Waals surface area contributed by atoms with Gasteiger partial charge >= 0.3 is 5.97 Å². The smallest absolute Gasteiger partial charge is 0.324 e. The fraction of sp³-hybridized carbons (Fsp3) is 0.588. The third-order valence-corrected chi connectivity index (χ3v) is 4.72. The van der Waals surface area contributed by atoms with Gasteiger partial charge in [0.15, 0.2) is 0 Å². The summed E-state index contributed by atoms with van der Waals surface area (Å²) in [7, 11) is 0. The average Bonchev–Trinajstić information content (AvgIpc) is 3.20. The molecule has 2 atom stereocenters. The van der Waals surface area contributed by atoms with Crippen molar-refractivity contribution < 1.29 is 14.6 Å². The Balaban J connectivity index is 1.58. The number of hydrogen-bond donors (Lipinski definition) is 2. The number of hydrogen-bond acceptors (Lipinski definition) is 3. The molecule has 4 heteroatoms. The Morgan fingerprint density at radius 1 is 1.29 bits per heavy atom. The van der Waals surface area contributed by atoms with E-state index < -0.39 is 11.5 Å². The van der Waals surface area contributed by atoms with Crippen LogP contribution >= 0.6 is 0 Å². The Kier molecular flexibility index (Phi) is 4.15. The minimum absolute atomic E-state index is 0.166. The summed E-state index contributed by atoms with van der Waals surface area (Å²) < 4.78 is 5.74. The van der Waals surface area contributed by atoms with E-state index in [1.54, 1.807) is 0 Å². The zero-order valence-electron chi connectivity index (χ0n) is 12.3. The van der Waals surface area contributed by atoms with Crippen molar-refractivity contribution in [2.75, 3.05) is 6.61 Å². The van der Waals surface area contributed by atoms with Gasteiger partial charge in [-0.05, 0) is 50.2 Å². The minimum Gasteiger partial charge on any atom is -0.494 e. The first kappa shape index (κ1) is 14.4. The van der Waals surface area contributed by atoms with Crippen LogP contribution < -0.4 is 10.1 Å². The highest BCUT2D eigenvalue weighted by Crippen LogP contribution is 2.40. The van der Waals surface area contributed by atoms with Crippen molar-refractivity contribution in [2.45, 2.75) is 50.1 Å². The van der Waals surface area contributed by atoms with E-state index in [4.69, 9.17) is 4.74 Å². The highest BCUT2D eigenvalue weighted by atomic mass is 16.5. The molecular weight excluding hydrogens is 266 g/mol. The maximum atomic E-state index is 11.8. The molecule has 2 fully saturated rings. The van der Waals surface area contributed by atoms with Crippen molar-refractivity contribution in [1.29, 1.82) is 0 Å². The molecule has 2 unspecified atom stereocenters. The number of carbonyl (C=O) groups is 1. The second-order valence-electron chi connectivity index (χ2n) is 6.23. The number of para-hydroxylation sites is 1. The molecule has 0 bridgehead atoms. The molecule has 0 saturated heterocycles. The third-order valence-electron chi connectivity index (χ3n) is 4.72. The van der Waals surface area contributed by atoms with Crippen LogP contribution in [0.4, 0.5) is 0 Å². The van der Waals surface area contributed by atoms with Gasteiger partial charge in [-0.2, -0.15) is 0 Å². The van der Waals surface area contributed by atoms with E-state index in [1.807, 2.05) is 30.3 Å². The first-order chi connectivity index (χ1) is 10.2. The molecule has 0 aromatic heterocycles. The van der Waals surface area contributed by atoms with Crippen LogP contribution in [0.2, 0.25) is 0 Å². The van der Waals surface area contributed by atoms with E-state index >= 15 is 0 Å². The molecule has 2 aliphatic carbocycles. The van der Waals surface area contributed by atoms with Gasteiger partial charge in [0.2, 0.25) is 0 Å². The molecule has 21 heavy (non-hydrogen) atoms. The van der Waals surface area contributed by atoms with Crippen LogP contribution in [-0.4, -0.2) is 29.3 Å². The van der Waals surface area contributed by atoms with Crippen molar-refractivity contribution in [1.82, 2.24) is 5.32 Å². The molecule has 2 N–H and O–H groups in total. The number of rotatable bonds is 7. The van der Waals surface area contributed by atoms with Gasteiger partial charge in [-0.1, -0.05) is 24.6 Å². The molecule has 1 aromatic rings. The predicted molar refractivity (Wildman–Crippen MR) is 80.4 cm³/mol. The van der Waals surface area contributed by atoms with Gasteiger partial charge in [-0.3, -0.25) is 10.1 Å². The van der Waals surface area contributed by atoms with Crippen molar-refractivity contribution in [2.24, 2.45) is 5.92 Å². The van der Waals surface area contributed by atoms with Crippen LogP contribution in [0, 0.1) is 5.92 Å². The summed E-state index contributed by atoms with van der Waals surface area (Å²) >= 11 is 0. The summed E-state index contributed by atoms with van der Waals surface area (Å²) in [6.45, 7) is 0.579. The summed E-state index contributed by atoms with van der Waals surface area (Å²) in [5.74, 6) is 0.336. The average molecular weight is 289 g/mol. The molecule has 3 rings (SSSR count). The van der Waals surface area contributed by atoms with Gasteiger partial charge in [0.25, 0.3) is 0 Å². The van der Waals surface area contributed by atoms with E-state index in [1.165, 1.54) is 0 Å². The summed E-state index contributed by atoms with van der Waals surface area (Å²) in [6, 6.07) is 10.1. The SMILES string of the molecule is O=C(O)C1(NC2CC2)CCCC1CCOc1ccccc1. The van der Waals surface area contributed by atoms with E-state index in [0.29, 0.717) is 12.6 Å². The summed E-state index contributed by atoms with van der Waals surface area (Å²) in [4.78, 5) is 11.8. The molecule has 114 valence electrons. The molecule has 2 saturated carbocycles. The largest absolute Gasteiger partial charge is 0.494 e. The molecule has 4 nitrogen and oxygen atoms in total. The van der Waals surface area contributed by atoms with Crippen molar-refractivity contribution in [3.05, 3.63) is 30.3 Å². The van der Waals surface area contributed by atoms with Crippen LogP contribution in [-0.2, 0) is 4.79 Å². The molecule has 0 aliphatic heterocycles. The molecule has 2 aliphatic rings. The van der Waals surface area contributed by atoms with E-state index in [9.17, 15) is 9.90 Å². The first-order valence-corrected chi connectivity index (χ1v) is 7.90. The Hall–Kier alpha value is -1.55. The topological polar surface area (TPSA) is 58.6 Å². The van der Waals surface area contributed by atoms with E-state index in [-0.39, 0.29) is 5.92 Å². The van der Waals surface area contributed by atoms with E-state index in [2.05, 4.69) is 5.32 Å². The van der Waals surface area contributed by atoms with Gasteiger partial charge in [-0.15, -0.1) is 0 Å². The summed E-state index contributed by atoms with van der Waals surface area (Å²) in [5, 5.41) is 13.1. The molecule has 0 spiro atoms. The number of benzene rings is 1. The lowest BCUT2D eigenvalue weighted by Crippen LogP contribution is -2.56. The Bertz CT molecular complexity index is 486. The standard InChI is InChI=1S/C17H23NO3/c19-16(20)17(18-14-8-9-14)11-4-5-13(17)10-12-21-15-6-2-1-3-7-15/h1-3,6-7,13-14,18H,4-5,8-12H2,(H,19,20). The van der Waals surface area contributed by atoms with Gasteiger partial charge < -0.3 is 9.84 Å². The predicted octanol–water partition coefficient (Wildman–Crippen LogP) is 2.83. The second-order valence-corrected chi connectivity index (χ2v) is 6.23. The van der Waals surface area contributed by atoms with Crippen molar-refractivity contribution in [3.63, 3.8) is 0 Å². The lowest BCUT2D eigenvalue weighted by Gasteiger charge is -2.32. The lowest BCUT2D eigenvalue weighted by molar-refractivity contribution is -0.147. The lowest BCUT2D eigenvalue weighted by atomic mass is 9.84. The number of aliphatic carboxylic acids is 1. The number of ether oxygens (including phenoxy) is 1. The molecular formula is C17H23NO3. The Morgan fingerprint density at radius 3 is 2.71 bits per heavy atom. The van der Waals surface area contributed by atoms with E-state index in [0.717, 1.165) is 44.3 Å². The van der Waals surface area contributed by atoms with Gasteiger partial charge in [0.05, 0.1) is 6.61 Å². The Labute approximate surface area is 125 Å². The van der Waals surface area contributed by atoms with Gasteiger partial charge in [0, 0.05) is 6.04 Å². The van der Waals surface area contributed by atoms with Crippen LogP contribution in [0.3, 0.4) is 0 Å².